The zero-order valence-electron chi connectivity index (χ0n) is 11.0. The van der Waals surface area contributed by atoms with Gasteiger partial charge in [-0.05, 0) is 29.4 Å². The van der Waals surface area contributed by atoms with Crippen molar-refractivity contribution in [3.8, 4) is 0 Å². The first-order valence-electron chi connectivity index (χ1n) is 6.04. The third-order valence-electron chi connectivity index (χ3n) is 4.06. The molecular weight excluding hydrogens is 198 g/mol. The van der Waals surface area contributed by atoms with Gasteiger partial charge < -0.3 is 5.73 Å². The largest absolute Gasteiger partial charge is 0.330 e. The van der Waals surface area contributed by atoms with Crippen molar-refractivity contribution in [2.75, 3.05) is 6.54 Å². The molecule has 0 unspecified atom stereocenters. The van der Waals surface area contributed by atoms with E-state index in [9.17, 15) is 0 Å². The van der Waals surface area contributed by atoms with Crippen LogP contribution in [-0.2, 0) is 5.41 Å². The molecule has 1 fully saturated rings. The van der Waals surface area contributed by atoms with Crippen molar-refractivity contribution in [1.82, 2.24) is 10.2 Å². The molecule has 0 bridgehead atoms. The number of rotatable bonds is 2. The van der Waals surface area contributed by atoms with E-state index in [0.29, 0.717) is 17.3 Å². The Bertz CT molecular complexity index is 384. The first-order valence-corrected chi connectivity index (χ1v) is 6.04. The van der Waals surface area contributed by atoms with Crippen molar-refractivity contribution in [1.29, 1.82) is 0 Å². The van der Waals surface area contributed by atoms with E-state index in [1.165, 1.54) is 11.3 Å². The summed E-state index contributed by atoms with van der Waals surface area (Å²) in [4.78, 5) is 0. The number of aromatic amines is 1. The molecule has 0 saturated heterocycles. The van der Waals surface area contributed by atoms with Crippen LogP contribution >= 0.6 is 0 Å². The molecule has 3 N–H and O–H groups in total. The molecule has 1 heterocycles. The Morgan fingerprint density at radius 2 is 2.06 bits per heavy atom. The van der Waals surface area contributed by atoms with Gasteiger partial charge in [-0.15, -0.1) is 0 Å². The molecule has 1 aromatic rings. The van der Waals surface area contributed by atoms with Crippen molar-refractivity contribution < 1.29 is 0 Å². The van der Waals surface area contributed by atoms with Crippen molar-refractivity contribution in [2.45, 2.75) is 46.0 Å². The van der Waals surface area contributed by atoms with Crippen molar-refractivity contribution in [3.63, 3.8) is 0 Å². The summed E-state index contributed by atoms with van der Waals surface area (Å²) in [5, 5.41) is 7.38. The molecule has 90 valence electrons. The highest BCUT2D eigenvalue weighted by molar-refractivity contribution is 5.36. The normalized spacial score (nSPS) is 28.1. The summed E-state index contributed by atoms with van der Waals surface area (Å²) in [7, 11) is 0. The molecular formula is C13H23N3. The van der Waals surface area contributed by atoms with Crippen LogP contribution in [0.4, 0.5) is 0 Å². The maximum Gasteiger partial charge on any atom is 0.0525 e. The number of nitrogens with two attached hydrogens (primary N) is 1. The topological polar surface area (TPSA) is 54.7 Å². The molecule has 0 spiro atoms. The van der Waals surface area contributed by atoms with Gasteiger partial charge in [0.15, 0.2) is 0 Å². The molecule has 2 rings (SSSR count). The lowest BCUT2D eigenvalue weighted by molar-refractivity contribution is 0.545. The zero-order chi connectivity index (χ0) is 12.1. The number of nitrogens with zero attached hydrogens (tertiary/aromatic N) is 1. The van der Waals surface area contributed by atoms with E-state index in [2.05, 4.69) is 44.8 Å². The minimum atomic E-state index is 0.129. The third-order valence-corrected chi connectivity index (χ3v) is 4.06. The lowest BCUT2D eigenvalue weighted by Crippen LogP contribution is -2.14. The Labute approximate surface area is 97.8 Å². The van der Waals surface area contributed by atoms with Crippen molar-refractivity contribution >= 4 is 0 Å². The van der Waals surface area contributed by atoms with Crippen LogP contribution < -0.4 is 5.73 Å². The van der Waals surface area contributed by atoms with Gasteiger partial charge in [-0.3, -0.25) is 5.10 Å². The first kappa shape index (κ1) is 11.6. The van der Waals surface area contributed by atoms with Crippen LogP contribution in [0.25, 0.3) is 0 Å². The van der Waals surface area contributed by atoms with E-state index in [-0.39, 0.29) is 5.41 Å². The van der Waals surface area contributed by atoms with Crippen LogP contribution in [0, 0.1) is 11.3 Å². The summed E-state index contributed by atoms with van der Waals surface area (Å²) >= 11 is 0. The molecule has 0 aromatic carbocycles. The van der Waals surface area contributed by atoms with Crippen LogP contribution in [0.3, 0.4) is 0 Å². The molecule has 0 amide bonds. The maximum absolute atomic E-state index is 5.83. The van der Waals surface area contributed by atoms with Gasteiger partial charge >= 0.3 is 0 Å². The second-order valence-corrected chi connectivity index (χ2v) is 6.59. The van der Waals surface area contributed by atoms with E-state index in [0.717, 1.165) is 6.54 Å². The summed E-state index contributed by atoms with van der Waals surface area (Å²) in [5.74, 6) is 1.18. The van der Waals surface area contributed by atoms with E-state index < -0.39 is 0 Å². The predicted octanol–water partition coefficient (Wildman–Crippen LogP) is 2.41. The molecule has 1 aliphatic carbocycles. The van der Waals surface area contributed by atoms with Gasteiger partial charge in [0.2, 0.25) is 0 Å². The van der Waals surface area contributed by atoms with Crippen LogP contribution in [-0.4, -0.2) is 16.7 Å². The fourth-order valence-electron chi connectivity index (χ4n) is 2.93. The highest BCUT2D eigenvalue weighted by Gasteiger charge is 2.58. The van der Waals surface area contributed by atoms with Gasteiger partial charge in [0.05, 0.1) is 6.20 Å². The van der Waals surface area contributed by atoms with Crippen LogP contribution in [0.2, 0.25) is 0 Å². The smallest absolute Gasteiger partial charge is 0.0525 e. The zero-order valence-corrected chi connectivity index (χ0v) is 11.0. The maximum atomic E-state index is 5.83. The first-order chi connectivity index (χ1) is 7.30. The second-order valence-electron chi connectivity index (χ2n) is 6.59. The molecule has 3 heteroatoms. The number of hydrogen-bond donors (Lipinski definition) is 2. The number of hydrogen-bond acceptors (Lipinski definition) is 2. The van der Waals surface area contributed by atoms with Gasteiger partial charge in [0.1, 0.15) is 0 Å². The van der Waals surface area contributed by atoms with Crippen LogP contribution in [0.15, 0.2) is 6.20 Å². The second kappa shape index (κ2) is 3.33. The number of aromatic nitrogens is 2. The average Bonchev–Trinajstić information content (AvgIpc) is 2.57. The molecule has 1 aromatic heterocycles. The van der Waals surface area contributed by atoms with Gasteiger partial charge in [0, 0.05) is 11.1 Å². The molecule has 1 aliphatic rings. The van der Waals surface area contributed by atoms with E-state index in [4.69, 9.17) is 5.73 Å². The minimum Gasteiger partial charge on any atom is -0.330 e. The van der Waals surface area contributed by atoms with Crippen LogP contribution in [0.1, 0.15) is 51.8 Å². The SMILES string of the molecule is CC(C)(C)c1[nH]ncc1[C@H]1[C@H](CN)C1(C)C. The summed E-state index contributed by atoms with van der Waals surface area (Å²) in [5.41, 5.74) is 8.93. The standard InChI is InChI=1S/C13H23N3/c1-12(2,3)11-8(7-15-16-11)10-9(6-14)13(10,4)5/h7,9-10H,6,14H2,1-5H3,(H,15,16)/t9-,10-/m0/s1. The van der Waals surface area contributed by atoms with E-state index >= 15 is 0 Å². The van der Waals surface area contributed by atoms with E-state index in [1.54, 1.807) is 0 Å². The monoisotopic (exact) mass is 221 g/mol. The van der Waals surface area contributed by atoms with E-state index in [1.807, 2.05) is 6.20 Å². The Hall–Kier alpha value is -0.830. The highest BCUT2D eigenvalue weighted by atomic mass is 15.1. The Kier molecular flexibility index (Phi) is 2.42. The molecule has 1 saturated carbocycles. The fourth-order valence-corrected chi connectivity index (χ4v) is 2.93. The van der Waals surface area contributed by atoms with Gasteiger partial charge in [-0.25, -0.2) is 0 Å². The molecule has 16 heavy (non-hydrogen) atoms. The molecule has 0 aliphatic heterocycles. The summed E-state index contributed by atoms with van der Waals surface area (Å²) in [6.45, 7) is 12.0. The highest BCUT2D eigenvalue weighted by Crippen LogP contribution is 2.64. The summed E-state index contributed by atoms with van der Waals surface area (Å²) in [6.07, 6.45) is 1.99. The van der Waals surface area contributed by atoms with Crippen LogP contribution in [0.5, 0.6) is 0 Å². The predicted molar refractivity (Wildman–Crippen MR) is 66.4 cm³/mol. The average molecular weight is 221 g/mol. The molecule has 0 radical (unpaired) electrons. The quantitative estimate of drug-likeness (QED) is 0.805. The number of H-pyrrole nitrogens is 1. The number of nitrogens with one attached hydrogen (secondary N) is 1. The van der Waals surface area contributed by atoms with Crippen molar-refractivity contribution in [2.24, 2.45) is 17.1 Å². The van der Waals surface area contributed by atoms with Crippen molar-refractivity contribution in [3.05, 3.63) is 17.5 Å². The Balaban J connectivity index is 2.34. The summed E-state index contributed by atoms with van der Waals surface area (Å²) < 4.78 is 0. The summed E-state index contributed by atoms with van der Waals surface area (Å²) in [6, 6.07) is 0. The lowest BCUT2D eigenvalue weighted by atomic mass is 9.87. The van der Waals surface area contributed by atoms with Gasteiger partial charge in [-0.1, -0.05) is 34.6 Å². The lowest BCUT2D eigenvalue weighted by Gasteiger charge is -2.19. The third kappa shape index (κ3) is 1.58. The minimum absolute atomic E-state index is 0.129. The van der Waals surface area contributed by atoms with Gasteiger partial charge in [0.25, 0.3) is 0 Å². The molecule has 3 nitrogen and oxygen atoms in total. The van der Waals surface area contributed by atoms with Gasteiger partial charge in [-0.2, -0.15) is 5.10 Å². The molecule has 2 atom stereocenters. The Morgan fingerprint density at radius 3 is 2.50 bits per heavy atom. The fraction of sp³-hybridized carbons (Fsp3) is 0.769. The Morgan fingerprint density at radius 1 is 1.44 bits per heavy atom.